The minimum absolute atomic E-state index is 0.600. The Balaban J connectivity index is 1.49. The SMILES string of the molecule is COCCn1c(-c2cnn(C)c2)cc2cnc(Nc3ccc(-c4cnc(C)n4C)cc3Cl)cc21. The number of hydrogen-bond donors (Lipinski definition) is 1. The van der Waals surface area contributed by atoms with Gasteiger partial charge in [0.15, 0.2) is 0 Å². The Morgan fingerprint density at radius 1 is 1.00 bits per heavy atom. The van der Waals surface area contributed by atoms with E-state index in [-0.39, 0.29) is 0 Å². The normalized spacial score (nSPS) is 11.4. The molecule has 0 aliphatic rings. The van der Waals surface area contributed by atoms with Crippen molar-refractivity contribution < 1.29 is 4.74 Å². The zero-order chi connectivity index (χ0) is 23.8. The van der Waals surface area contributed by atoms with Crippen molar-refractivity contribution in [2.75, 3.05) is 19.0 Å². The lowest BCUT2D eigenvalue weighted by Gasteiger charge is -2.12. The largest absolute Gasteiger partial charge is 0.383 e. The first kappa shape index (κ1) is 22.2. The summed E-state index contributed by atoms with van der Waals surface area (Å²) in [6.45, 7) is 3.29. The molecule has 8 nitrogen and oxygen atoms in total. The van der Waals surface area contributed by atoms with Gasteiger partial charge in [-0.3, -0.25) is 4.68 Å². The highest BCUT2D eigenvalue weighted by Crippen LogP contribution is 2.33. The Kier molecular flexibility index (Phi) is 5.85. The fraction of sp³-hybridized carbons (Fsp3) is 0.240. The first-order chi connectivity index (χ1) is 16.4. The van der Waals surface area contributed by atoms with E-state index in [0.717, 1.165) is 44.9 Å². The molecule has 9 heteroatoms. The second-order valence-electron chi connectivity index (χ2n) is 8.27. The standard InChI is InChI=1S/C25H26ClN7O/c1-16-27-14-24(32(16)3)17-5-6-21(20(26)9-17)30-25-11-23-18(12-28-25)10-22(33(23)7-8-34-4)19-13-29-31(2)15-19/h5-6,9-15H,7-8H2,1-4H3,(H,28,30). The minimum atomic E-state index is 0.600. The zero-order valence-corrected chi connectivity index (χ0v) is 20.3. The van der Waals surface area contributed by atoms with E-state index in [1.807, 2.05) is 74.6 Å². The van der Waals surface area contributed by atoms with Gasteiger partial charge in [-0.1, -0.05) is 17.7 Å². The molecule has 0 aliphatic carbocycles. The molecule has 0 bridgehead atoms. The molecule has 174 valence electrons. The van der Waals surface area contributed by atoms with E-state index in [4.69, 9.17) is 16.3 Å². The van der Waals surface area contributed by atoms with Crippen molar-refractivity contribution in [3.63, 3.8) is 0 Å². The van der Waals surface area contributed by atoms with Crippen LogP contribution in [0.1, 0.15) is 5.82 Å². The number of anilines is 2. The Morgan fingerprint density at radius 2 is 1.85 bits per heavy atom. The maximum Gasteiger partial charge on any atom is 0.132 e. The van der Waals surface area contributed by atoms with Crippen molar-refractivity contribution >= 4 is 34.0 Å². The molecule has 0 atom stereocenters. The number of imidazole rings is 1. The monoisotopic (exact) mass is 475 g/mol. The molecule has 4 heterocycles. The van der Waals surface area contributed by atoms with Crippen molar-refractivity contribution in [1.82, 2.24) is 28.9 Å². The number of hydrogen-bond acceptors (Lipinski definition) is 5. The molecule has 0 spiro atoms. The van der Waals surface area contributed by atoms with E-state index in [1.165, 1.54) is 0 Å². The Hall–Kier alpha value is -3.62. The number of methoxy groups -OCH3 is 1. The molecule has 0 saturated carbocycles. The lowest BCUT2D eigenvalue weighted by atomic mass is 10.1. The third-order valence-electron chi connectivity index (χ3n) is 6.05. The molecule has 1 N–H and O–H groups in total. The number of nitrogens with zero attached hydrogens (tertiary/aromatic N) is 6. The van der Waals surface area contributed by atoms with Crippen LogP contribution in [0, 0.1) is 6.92 Å². The van der Waals surface area contributed by atoms with Crippen molar-refractivity contribution in [2.45, 2.75) is 13.5 Å². The van der Waals surface area contributed by atoms with Gasteiger partial charge in [-0.15, -0.1) is 0 Å². The van der Waals surface area contributed by atoms with E-state index < -0.39 is 0 Å². The average Bonchev–Trinajstić information content (AvgIpc) is 3.51. The third-order valence-corrected chi connectivity index (χ3v) is 6.37. The lowest BCUT2D eigenvalue weighted by Crippen LogP contribution is -2.05. The van der Waals surface area contributed by atoms with Crippen molar-refractivity contribution in [3.05, 3.63) is 66.0 Å². The number of nitrogens with one attached hydrogen (secondary N) is 1. The molecule has 5 aromatic rings. The zero-order valence-electron chi connectivity index (χ0n) is 19.6. The van der Waals surface area contributed by atoms with Crippen LogP contribution in [0.15, 0.2) is 55.1 Å². The van der Waals surface area contributed by atoms with Crippen molar-refractivity contribution in [3.8, 4) is 22.5 Å². The van der Waals surface area contributed by atoms with Crippen molar-refractivity contribution in [1.29, 1.82) is 0 Å². The third kappa shape index (κ3) is 4.06. The van der Waals surface area contributed by atoms with Gasteiger partial charge in [-0.2, -0.15) is 5.10 Å². The summed E-state index contributed by atoms with van der Waals surface area (Å²) in [7, 11) is 5.62. The number of ether oxygens (including phenoxy) is 1. The Bertz CT molecular complexity index is 1480. The van der Waals surface area contributed by atoms with Crippen LogP contribution in [0.5, 0.6) is 0 Å². The predicted molar refractivity (Wildman–Crippen MR) is 135 cm³/mol. The molecule has 0 amide bonds. The molecule has 0 saturated heterocycles. The highest BCUT2D eigenvalue weighted by atomic mass is 35.5. The van der Waals surface area contributed by atoms with Gasteiger partial charge >= 0.3 is 0 Å². The van der Waals surface area contributed by atoms with Crippen LogP contribution in [0.2, 0.25) is 5.02 Å². The molecule has 1 aromatic carbocycles. The number of halogens is 1. The molecule has 0 fully saturated rings. The van der Waals surface area contributed by atoms with Crippen LogP contribution in [0.3, 0.4) is 0 Å². The second kappa shape index (κ2) is 8.96. The number of rotatable bonds is 7. The number of benzene rings is 1. The second-order valence-corrected chi connectivity index (χ2v) is 8.68. The molecule has 0 radical (unpaired) electrons. The van der Waals surface area contributed by atoms with E-state index in [9.17, 15) is 0 Å². The van der Waals surface area contributed by atoms with Gasteiger partial charge in [0.1, 0.15) is 11.6 Å². The van der Waals surface area contributed by atoms with Gasteiger partial charge in [0.05, 0.1) is 46.6 Å². The van der Waals surface area contributed by atoms with Gasteiger partial charge in [-0.05, 0) is 25.1 Å². The van der Waals surface area contributed by atoms with Gasteiger partial charge in [0.25, 0.3) is 0 Å². The molecule has 5 rings (SSSR count). The summed E-state index contributed by atoms with van der Waals surface area (Å²) in [6.07, 6.45) is 7.61. The Morgan fingerprint density at radius 3 is 2.53 bits per heavy atom. The topological polar surface area (TPSA) is 74.7 Å². The first-order valence-corrected chi connectivity index (χ1v) is 11.3. The Labute approximate surface area is 202 Å². The van der Waals surface area contributed by atoms with Gasteiger partial charge in [0, 0.05) is 62.7 Å². The van der Waals surface area contributed by atoms with Crippen LogP contribution in [-0.4, -0.2) is 42.6 Å². The van der Waals surface area contributed by atoms with E-state index in [1.54, 1.807) is 11.8 Å². The van der Waals surface area contributed by atoms with E-state index >= 15 is 0 Å². The van der Waals surface area contributed by atoms with Crippen LogP contribution in [-0.2, 0) is 25.4 Å². The fourth-order valence-corrected chi connectivity index (χ4v) is 4.35. The summed E-state index contributed by atoms with van der Waals surface area (Å²) in [6, 6.07) is 10.1. The summed E-state index contributed by atoms with van der Waals surface area (Å²) in [5, 5.41) is 9.36. The van der Waals surface area contributed by atoms with Gasteiger partial charge < -0.3 is 19.2 Å². The van der Waals surface area contributed by atoms with Crippen LogP contribution < -0.4 is 5.32 Å². The minimum Gasteiger partial charge on any atom is -0.383 e. The molecular weight excluding hydrogens is 450 g/mol. The first-order valence-electron chi connectivity index (χ1n) is 11.0. The molecule has 0 aliphatic heterocycles. The molecular formula is C25H26ClN7O. The maximum absolute atomic E-state index is 6.64. The van der Waals surface area contributed by atoms with Crippen molar-refractivity contribution in [2.24, 2.45) is 14.1 Å². The fourth-order valence-electron chi connectivity index (χ4n) is 4.12. The van der Waals surface area contributed by atoms with Crippen LogP contribution >= 0.6 is 11.6 Å². The van der Waals surface area contributed by atoms with Gasteiger partial charge in [-0.25, -0.2) is 9.97 Å². The van der Waals surface area contributed by atoms with Crippen LogP contribution in [0.4, 0.5) is 11.5 Å². The molecule has 34 heavy (non-hydrogen) atoms. The predicted octanol–water partition coefficient (Wildman–Crippen LogP) is 5.19. The lowest BCUT2D eigenvalue weighted by molar-refractivity contribution is 0.189. The number of aryl methyl sites for hydroxylation is 2. The average molecular weight is 476 g/mol. The van der Waals surface area contributed by atoms with E-state index in [2.05, 4.69) is 31.0 Å². The number of pyridine rings is 1. The van der Waals surface area contributed by atoms with Gasteiger partial charge in [0.2, 0.25) is 0 Å². The quantitative estimate of drug-likeness (QED) is 0.350. The van der Waals surface area contributed by atoms with Crippen LogP contribution in [0.25, 0.3) is 33.4 Å². The summed E-state index contributed by atoms with van der Waals surface area (Å²) < 4.78 is 11.4. The summed E-state index contributed by atoms with van der Waals surface area (Å²) in [4.78, 5) is 9.00. The maximum atomic E-state index is 6.64. The summed E-state index contributed by atoms with van der Waals surface area (Å²) in [5.74, 6) is 1.67. The summed E-state index contributed by atoms with van der Waals surface area (Å²) in [5.41, 5.74) is 6.01. The highest BCUT2D eigenvalue weighted by Gasteiger charge is 2.14. The smallest absolute Gasteiger partial charge is 0.132 e. The summed E-state index contributed by atoms with van der Waals surface area (Å²) >= 11 is 6.64. The molecule has 0 unspecified atom stereocenters. The number of aromatic nitrogens is 6. The highest BCUT2D eigenvalue weighted by molar-refractivity contribution is 6.33. The number of fused-ring (bicyclic) bond motifs is 1. The van der Waals surface area contributed by atoms with E-state index in [0.29, 0.717) is 24.0 Å². The molecule has 4 aromatic heterocycles.